The van der Waals surface area contributed by atoms with Crippen LogP contribution in [0.25, 0.3) is 0 Å². The van der Waals surface area contributed by atoms with Gasteiger partial charge >= 0.3 is 0 Å². The number of hydrogen-bond donors (Lipinski definition) is 0. The zero-order valence-electron chi connectivity index (χ0n) is 10.9. The van der Waals surface area contributed by atoms with Crippen LogP contribution < -0.4 is 0 Å². The quantitative estimate of drug-likeness (QED) is 0.763. The van der Waals surface area contributed by atoms with Gasteiger partial charge in [0.15, 0.2) is 5.78 Å². The van der Waals surface area contributed by atoms with E-state index in [1.807, 2.05) is 0 Å². The van der Waals surface area contributed by atoms with Crippen LogP contribution in [0.2, 0.25) is 0 Å². The fraction of sp³-hybridized carbons (Fsp3) is 0.533. The summed E-state index contributed by atoms with van der Waals surface area (Å²) in [6, 6.07) is 6.49. The molecule has 18 heavy (non-hydrogen) atoms. The lowest BCUT2D eigenvalue weighted by Gasteiger charge is -2.34. The van der Waals surface area contributed by atoms with E-state index in [0.717, 1.165) is 19.4 Å². The molecule has 1 aliphatic heterocycles. The first-order chi connectivity index (χ1) is 8.70. The zero-order valence-corrected chi connectivity index (χ0v) is 10.9. The normalized spacial score (nSPS) is 20.9. The molecule has 1 saturated heterocycles. The molecule has 0 spiro atoms. The van der Waals surface area contributed by atoms with Crippen LogP contribution in [0.5, 0.6) is 0 Å². The molecule has 98 valence electrons. The number of carbonyl (C=O) groups is 1. The summed E-state index contributed by atoms with van der Waals surface area (Å²) in [5.74, 6) is -0.318. The van der Waals surface area contributed by atoms with Gasteiger partial charge in [-0.05, 0) is 37.9 Å². The van der Waals surface area contributed by atoms with Gasteiger partial charge in [0, 0.05) is 11.6 Å². The van der Waals surface area contributed by atoms with Crippen LogP contribution in [-0.2, 0) is 0 Å². The zero-order chi connectivity index (χ0) is 13.0. The fourth-order valence-electron chi connectivity index (χ4n) is 2.67. The molecule has 0 saturated carbocycles. The first-order valence-corrected chi connectivity index (χ1v) is 6.73. The van der Waals surface area contributed by atoms with Gasteiger partial charge in [0.1, 0.15) is 5.82 Å². The van der Waals surface area contributed by atoms with Crippen LogP contribution in [0.1, 0.15) is 43.0 Å². The Morgan fingerprint density at radius 3 is 3.00 bits per heavy atom. The van der Waals surface area contributed by atoms with E-state index in [1.165, 1.54) is 25.0 Å². The van der Waals surface area contributed by atoms with Gasteiger partial charge in [0.05, 0.1) is 6.54 Å². The van der Waals surface area contributed by atoms with Crippen LogP contribution in [-0.4, -0.2) is 29.8 Å². The summed E-state index contributed by atoms with van der Waals surface area (Å²) in [5.41, 5.74) is 0.482. The number of benzene rings is 1. The molecule has 1 aromatic rings. The summed E-state index contributed by atoms with van der Waals surface area (Å²) in [7, 11) is 0. The van der Waals surface area contributed by atoms with Crippen molar-refractivity contribution in [3.8, 4) is 0 Å². The second kappa shape index (κ2) is 6.10. The number of hydrogen-bond acceptors (Lipinski definition) is 2. The number of piperidine rings is 1. The third-order valence-corrected chi connectivity index (χ3v) is 3.71. The molecule has 0 bridgehead atoms. The maximum absolute atomic E-state index is 13.1. The molecule has 0 aromatic heterocycles. The molecule has 1 atom stereocenters. The lowest BCUT2D eigenvalue weighted by Crippen LogP contribution is -2.42. The number of nitrogens with zero attached hydrogens (tertiary/aromatic N) is 1. The Morgan fingerprint density at radius 2 is 2.28 bits per heavy atom. The Hall–Kier alpha value is -1.22. The molecule has 1 fully saturated rings. The van der Waals surface area contributed by atoms with Crippen molar-refractivity contribution >= 4 is 5.78 Å². The minimum absolute atomic E-state index is 0.0230. The second-order valence-corrected chi connectivity index (χ2v) is 4.96. The lowest BCUT2D eigenvalue weighted by molar-refractivity contribution is 0.0838. The van der Waals surface area contributed by atoms with E-state index in [0.29, 0.717) is 18.2 Å². The third-order valence-electron chi connectivity index (χ3n) is 3.71. The van der Waals surface area contributed by atoms with E-state index in [1.54, 1.807) is 12.1 Å². The second-order valence-electron chi connectivity index (χ2n) is 4.96. The van der Waals surface area contributed by atoms with Gasteiger partial charge < -0.3 is 0 Å². The topological polar surface area (TPSA) is 20.3 Å². The predicted octanol–water partition coefficient (Wildman–Crippen LogP) is 3.27. The van der Waals surface area contributed by atoms with E-state index >= 15 is 0 Å². The van der Waals surface area contributed by atoms with Crippen molar-refractivity contribution in [1.29, 1.82) is 0 Å². The van der Waals surface area contributed by atoms with Crippen molar-refractivity contribution in [3.05, 3.63) is 35.6 Å². The Kier molecular flexibility index (Phi) is 4.48. The molecule has 0 aliphatic carbocycles. The molecule has 1 unspecified atom stereocenters. The predicted molar refractivity (Wildman–Crippen MR) is 70.2 cm³/mol. The summed E-state index contributed by atoms with van der Waals surface area (Å²) in [4.78, 5) is 14.4. The molecule has 1 aromatic carbocycles. The molecular weight excluding hydrogens is 229 g/mol. The van der Waals surface area contributed by atoms with Crippen molar-refractivity contribution in [3.63, 3.8) is 0 Å². The van der Waals surface area contributed by atoms with Gasteiger partial charge in [-0.2, -0.15) is 0 Å². The van der Waals surface area contributed by atoms with Crippen molar-refractivity contribution < 1.29 is 9.18 Å². The maximum Gasteiger partial charge on any atom is 0.176 e. The number of carbonyl (C=O) groups excluding carboxylic acids is 1. The molecule has 0 N–H and O–H groups in total. The van der Waals surface area contributed by atoms with Crippen LogP contribution in [0.15, 0.2) is 24.3 Å². The Balaban J connectivity index is 2.02. The van der Waals surface area contributed by atoms with Crippen LogP contribution in [0, 0.1) is 5.82 Å². The number of rotatable bonds is 4. The molecule has 2 nitrogen and oxygen atoms in total. The highest BCUT2D eigenvalue weighted by molar-refractivity contribution is 5.97. The average Bonchev–Trinajstić information content (AvgIpc) is 2.39. The summed E-state index contributed by atoms with van der Waals surface area (Å²) < 4.78 is 13.1. The third kappa shape index (κ3) is 3.16. The minimum atomic E-state index is -0.341. The number of likely N-dealkylation sites (tertiary alicyclic amines) is 1. The summed E-state index contributed by atoms with van der Waals surface area (Å²) in [5, 5.41) is 0. The summed E-state index contributed by atoms with van der Waals surface area (Å²) in [6.07, 6.45) is 4.67. The summed E-state index contributed by atoms with van der Waals surface area (Å²) >= 11 is 0. The molecule has 1 heterocycles. The Bertz CT molecular complexity index is 419. The van der Waals surface area contributed by atoms with Gasteiger partial charge in [-0.1, -0.05) is 25.5 Å². The number of halogens is 1. The maximum atomic E-state index is 13.1. The number of Topliss-reactive ketones (excluding diaryl/α,β-unsaturated/α-hetero) is 1. The first kappa shape index (κ1) is 13.2. The van der Waals surface area contributed by atoms with Gasteiger partial charge in [0.25, 0.3) is 0 Å². The van der Waals surface area contributed by atoms with Crippen molar-refractivity contribution in [1.82, 2.24) is 4.90 Å². The van der Waals surface area contributed by atoms with Crippen molar-refractivity contribution in [2.24, 2.45) is 0 Å². The van der Waals surface area contributed by atoms with E-state index in [-0.39, 0.29) is 11.6 Å². The van der Waals surface area contributed by atoms with Gasteiger partial charge in [-0.15, -0.1) is 0 Å². The summed E-state index contributed by atoms with van der Waals surface area (Å²) in [6.45, 7) is 3.57. The van der Waals surface area contributed by atoms with E-state index in [4.69, 9.17) is 0 Å². The molecule has 0 amide bonds. The highest BCUT2D eigenvalue weighted by atomic mass is 19.1. The molecule has 2 rings (SSSR count). The molecule has 0 radical (unpaired) electrons. The Morgan fingerprint density at radius 1 is 1.44 bits per heavy atom. The SMILES string of the molecule is CCC1CCCCN1CC(=O)c1cccc(F)c1. The van der Waals surface area contributed by atoms with E-state index < -0.39 is 0 Å². The molecule has 3 heteroatoms. The largest absolute Gasteiger partial charge is 0.293 e. The van der Waals surface area contributed by atoms with Crippen LogP contribution in [0.3, 0.4) is 0 Å². The highest BCUT2D eigenvalue weighted by Crippen LogP contribution is 2.19. The molecular formula is C15H20FNO. The fourth-order valence-corrected chi connectivity index (χ4v) is 2.67. The van der Waals surface area contributed by atoms with Gasteiger partial charge in [-0.3, -0.25) is 9.69 Å². The lowest BCUT2D eigenvalue weighted by atomic mass is 9.99. The smallest absolute Gasteiger partial charge is 0.176 e. The highest BCUT2D eigenvalue weighted by Gasteiger charge is 2.23. The van der Waals surface area contributed by atoms with Crippen molar-refractivity contribution in [2.75, 3.05) is 13.1 Å². The average molecular weight is 249 g/mol. The number of ketones is 1. The van der Waals surface area contributed by atoms with Crippen LogP contribution in [0.4, 0.5) is 4.39 Å². The van der Waals surface area contributed by atoms with Crippen LogP contribution >= 0.6 is 0 Å². The Labute approximate surface area is 108 Å². The van der Waals surface area contributed by atoms with E-state index in [2.05, 4.69) is 11.8 Å². The standard InChI is InChI=1S/C15H20FNO/c1-2-14-8-3-4-9-17(14)11-15(18)12-6-5-7-13(16)10-12/h5-7,10,14H,2-4,8-9,11H2,1H3. The van der Waals surface area contributed by atoms with Gasteiger partial charge in [0.2, 0.25) is 0 Å². The van der Waals surface area contributed by atoms with Gasteiger partial charge in [-0.25, -0.2) is 4.39 Å². The monoisotopic (exact) mass is 249 g/mol. The van der Waals surface area contributed by atoms with E-state index in [9.17, 15) is 9.18 Å². The van der Waals surface area contributed by atoms with Crippen molar-refractivity contribution in [2.45, 2.75) is 38.6 Å². The minimum Gasteiger partial charge on any atom is -0.293 e. The molecule has 1 aliphatic rings. The first-order valence-electron chi connectivity index (χ1n) is 6.73.